The van der Waals surface area contributed by atoms with Gasteiger partial charge in [0.15, 0.2) is 0 Å². The first-order valence-electron chi connectivity index (χ1n) is 8.42. The van der Waals surface area contributed by atoms with Crippen LogP contribution in [0.4, 0.5) is 5.95 Å². The van der Waals surface area contributed by atoms with Gasteiger partial charge in [-0.15, -0.1) is 0 Å². The van der Waals surface area contributed by atoms with E-state index in [9.17, 15) is 0 Å². The van der Waals surface area contributed by atoms with E-state index in [2.05, 4.69) is 46.1 Å². The number of benzene rings is 1. The van der Waals surface area contributed by atoms with Gasteiger partial charge in [0.1, 0.15) is 6.61 Å². The molecule has 0 unspecified atom stereocenters. The van der Waals surface area contributed by atoms with Gasteiger partial charge in [0, 0.05) is 24.3 Å². The van der Waals surface area contributed by atoms with Crippen molar-refractivity contribution < 1.29 is 4.74 Å². The van der Waals surface area contributed by atoms with Crippen LogP contribution in [-0.2, 0) is 6.61 Å². The number of aryl methyl sites for hydroxylation is 2. The molecule has 4 nitrogen and oxygen atoms in total. The summed E-state index contributed by atoms with van der Waals surface area (Å²) in [5.41, 5.74) is 4.44. The van der Waals surface area contributed by atoms with Gasteiger partial charge < -0.3 is 9.64 Å². The summed E-state index contributed by atoms with van der Waals surface area (Å²) in [6, 6.07) is 8.42. The Labute approximate surface area is 138 Å². The van der Waals surface area contributed by atoms with Gasteiger partial charge in [0.25, 0.3) is 0 Å². The number of anilines is 1. The van der Waals surface area contributed by atoms with Gasteiger partial charge in [-0.3, -0.25) is 0 Å². The van der Waals surface area contributed by atoms with Crippen LogP contribution in [0.2, 0.25) is 0 Å². The normalized spacial score (nSPS) is 14.8. The van der Waals surface area contributed by atoms with Crippen molar-refractivity contribution in [2.45, 2.75) is 46.6 Å². The third kappa shape index (κ3) is 3.81. The summed E-state index contributed by atoms with van der Waals surface area (Å²) in [7, 11) is 0. The fourth-order valence-corrected chi connectivity index (χ4v) is 2.80. The van der Waals surface area contributed by atoms with Crippen LogP contribution < -0.4 is 9.64 Å². The summed E-state index contributed by atoms with van der Waals surface area (Å²) in [6.45, 7) is 8.77. The third-order valence-corrected chi connectivity index (χ3v) is 4.47. The molecular formula is C19H25N3O. The van der Waals surface area contributed by atoms with Crippen LogP contribution >= 0.6 is 0 Å². The van der Waals surface area contributed by atoms with Crippen LogP contribution in [-0.4, -0.2) is 23.1 Å². The van der Waals surface area contributed by atoms with Gasteiger partial charge in [-0.2, -0.15) is 4.98 Å². The predicted octanol–water partition coefficient (Wildman–Crippen LogP) is 3.97. The summed E-state index contributed by atoms with van der Waals surface area (Å²) in [5, 5.41) is 0. The standard InChI is InChI=1S/C19H25N3O/c1-14-7-9-17(10-8-14)13-23-18-15(2)16(3)20-19(21-18)22-11-5-4-6-12-22/h7-10H,4-6,11-13H2,1-3H3. The maximum absolute atomic E-state index is 6.00. The molecule has 0 aliphatic carbocycles. The molecule has 1 saturated heterocycles. The van der Waals surface area contributed by atoms with Gasteiger partial charge in [0.2, 0.25) is 11.8 Å². The molecule has 0 bridgehead atoms. The Morgan fingerprint density at radius 1 is 0.957 bits per heavy atom. The monoisotopic (exact) mass is 311 g/mol. The van der Waals surface area contributed by atoms with E-state index in [-0.39, 0.29) is 0 Å². The largest absolute Gasteiger partial charge is 0.472 e. The maximum Gasteiger partial charge on any atom is 0.228 e. The zero-order valence-electron chi connectivity index (χ0n) is 14.3. The molecule has 4 heteroatoms. The molecule has 2 aromatic rings. The summed E-state index contributed by atoms with van der Waals surface area (Å²) in [6.07, 6.45) is 3.74. The Morgan fingerprint density at radius 3 is 2.35 bits per heavy atom. The quantitative estimate of drug-likeness (QED) is 0.856. The minimum atomic E-state index is 0.539. The molecule has 0 atom stereocenters. The van der Waals surface area contributed by atoms with Crippen LogP contribution in [0, 0.1) is 20.8 Å². The number of hydrogen-bond donors (Lipinski definition) is 0. The Hall–Kier alpha value is -2.10. The van der Waals surface area contributed by atoms with Crippen molar-refractivity contribution in [1.82, 2.24) is 9.97 Å². The molecule has 0 N–H and O–H groups in total. The summed E-state index contributed by atoms with van der Waals surface area (Å²) in [4.78, 5) is 11.6. The molecule has 1 aromatic carbocycles. The number of hydrogen-bond acceptors (Lipinski definition) is 4. The van der Waals surface area contributed by atoms with Crippen molar-refractivity contribution in [2.75, 3.05) is 18.0 Å². The minimum absolute atomic E-state index is 0.539. The molecule has 1 fully saturated rings. The van der Waals surface area contributed by atoms with E-state index in [1.807, 2.05) is 13.8 Å². The van der Waals surface area contributed by atoms with Gasteiger partial charge >= 0.3 is 0 Å². The number of piperidine rings is 1. The van der Waals surface area contributed by atoms with Crippen LogP contribution in [0.5, 0.6) is 5.88 Å². The van der Waals surface area contributed by atoms with Crippen LogP contribution in [0.25, 0.3) is 0 Å². The SMILES string of the molecule is Cc1ccc(COc2nc(N3CCCCC3)nc(C)c2C)cc1. The first-order chi connectivity index (χ1) is 11.1. The molecule has 0 saturated carbocycles. The smallest absolute Gasteiger partial charge is 0.228 e. The van der Waals surface area contributed by atoms with E-state index in [0.29, 0.717) is 12.5 Å². The number of aromatic nitrogens is 2. The second-order valence-corrected chi connectivity index (χ2v) is 6.36. The fraction of sp³-hybridized carbons (Fsp3) is 0.474. The van der Waals surface area contributed by atoms with Gasteiger partial charge in [-0.05, 0) is 45.6 Å². The number of nitrogens with zero attached hydrogens (tertiary/aromatic N) is 3. The van der Waals surface area contributed by atoms with Crippen molar-refractivity contribution in [1.29, 1.82) is 0 Å². The maximum atomic E-state index is 6.00. The molecular weight excluding hydrogens is 286 g/mol. The molecule has 1 aliphatic heterocycles. The highest BCUT2D eigenvalue weighted by atomic mass is 16.5. The van der Waals surface area contributed by atoms with Gasteiger partial charge in [0.05, 0.1) is 0 Å². The van der Waals surface area contributed by atoms with E-state index in [1.54, 1.807) is 0 Å². The Bertz CT molecular complexity index is 661. The third-order valence-electron chi connectivity index (χ3n) is 4.47. The van der Waals surface area contributed by atoms with Crippen LogP contribution in [0.1, 0.15) is 41.6 Å². The molecule has 0 radical (unpaired) electrons. The predicted molar refractivity (Wildman–Crippen MR) is 93.1 cm³/mol. The lowest BCUT2D eigenvalue weighted by Gasteiger charge is -2.27. The lowest BCUT2D eigenvalue weighted by atomic mass is 10.1. The molecule has 3 rings (SSSR count). The molecule has 2 heterocycles. The zero-order chi connectivity index (χ0) is 16.2. The summed E-state index contributed by atoms with van der Waals surface area (Å²) in [5.74, 6) is 1.52. The molecule has 122 valence electrons. The van der Waals surface area contributed by atoms with Crippen LogP contribution in [0.15, 0.2) is 24.3 Å². The number of ether oxygens (including phenoxy) is 1. The van der Waals surface area contributed by atoms with Crippen molar-refractivity contribution in [2.24, 2.45) is 0 Å². The lowest BCUT2D eigenvalue weighted by molar-refractivity contribution is 0.290. The van der Waals surface area contributed by atoms with Crippen molar-refractivity contribution in [3.63, 3.8) is 0 Å². The molecule has 1 aromatic heterocycles. The molecule has 0 amide bonds. The Morgan fingerprint density at radius 2 is 1.65 bits per heavy atom. The first-order valence-corrected chi connectivity index (χ1v) is 8.42. The van der Waals surface area contributed by atoms with Gasteiger partial charge in [-0.1, -0.05) is 29.8 Å². The minimum Gasteiger partial charge on any atom is -0.472 e. The second kappa shape index (κ2) is 6.99. The van der Waals surface area contributed by atoms with Crippen molar-refractivity contribution in [3.05, 3.63) is 46.6 Å². The Kier molecular flexibility index (Phi) is 4.79. The first kappa shape index (κ1) is 15.8. The highest BCUT2D eigenvalue weighted by Gasteiger charge is 2.17. The average molecular weight is 311 g/mol. The lowest BCUT2D eigenvalue weighted by Crippen LogP contribution is -2.31. The number of rotatable bonds is 4. The van der Waals surface area contributed by atoms with Crippen molar-refractivity contribution >= 4 is 5.95 Å². The molecule has 1 aliphatic rings. The average Bonchev–Trinajstić information content (AvgIpc) is 2.58. The van der Waals surface area contributed by atoms with Crippen LogP contribution in [0.3, 0.4) is 0 Å². The summed E-state index contributed by atoms with van der Waals surface area (Å²) < 4.78 is 6.00. The Balaban J connectivity index is 1.77. The van der Waals surface area contributed by atoms with E-state index in [4.69, 9.17) is 4.74 Å². The topological polar surface area (TPSA) is 38.2 Å². The van der Waals surface area contributed by atoms with E-state index in [0.717, 1.165) is 35.9 Å². The molecule has 23 heavy (non-hydrogen) atoms. The second-order valence-electron chi connectivity index (χ2n) is 6.36. The van der Waals surface area contributed by atoms with E-state index >= 15 is 0 Å². The molecule has 0 spiro atoms. The van der Waals surface area contributed by atoms with Gasteiger partial charge in [-0.25, -0.2) is 4.98 Å². The van der Waals surface area contributed by atoms with E-state index < -0.39 is 0 Å². The fourth-order valence-electron chi connectivity index (χ4n) is 2.80. The zero-order valence-corrected chi connectivity index (χ0v) is 14.3. The highest BCUT2D eigenvalue weighted by Crippen LogP contribution is 2.24. The highest BCUT2D eigenvalue weighted by molar-refractivity contribution is 5.39. The summed E-state index contributed by atoms with van der Waals surface area (Å²) >= 11 is 0. The van der Waals surface area contributed by atoms with E-state index in [1.165, 1.54) is 24.8 Å². The van der Waals surface area contributed by atoms with Crippen molar-refractivity contribution in [3.8, 4) is 5.88 Å².